The highest BCUT2D eigenvalue weighted by Gasteiger charge is 2.11. The van der Waals surface area contributed by atoms with Crippen LogP contribution in [-0.2, 0) is 6.54 Å². The summed E-state index contributed by atoms with van der Waals surface area (Å²) in [5.74, 6) is 1.26. The molecule has 0 aromatic heterocycles. The Morgan fingerprint density at radius 3 is 2.05 bits per heavy atom. The van der Waals surface area contributed by atoms with Gasteiger partial charge in [0.05, 0.1) is 0 Å². The lowest BCUT2D eigenvalue weighted by molar-refractivity contribution is 0.233. The maximum absolute atomic E-state index is 14.0. The molecule has 0 fully saturated rings. The van der Waals surface area contributed by atoms with Crippen LogP contribution >= 0.6 is 15.9 Å². The highest BCUT2D eigenvalue weighted by atomic mass is 79.9. The Morgan fingerprint density at radius 1 is 1.05 bits per heavy atom. The summed E-state index contributed by atoms with van der Waals surface area (Å²) in [6.07, 6.45) is 2.33. The Bertz CT molecular complexity index is 392. The van der Waals surface area contributed by atoms with Crippen molar-refractivity contribution in [3.63, 3.8) is 0 Å². The van der Waals surface area contributed by atoms with Gasteiger partial charge in [-0.25, -0.2) is 4.39 Å². The first-order valence-corrected chi connectivity index (χ1v) is 8.34. The van der Waals surface area contributed by atoms with Gasteiger partial charge in [-0.05, 0) is 49.9 Å². The summed E-state index contributed by atoms with van der Waals surface area (Å²) in [5, 5.41) is 0. The number of hydrogen-bond donors (Lipinski definition) is 0. The zero-order valence-corrected chi connectivity index (χ0v) is 14.7. The fraction of sp³-hybridized carbons (Fsp3) is 0.647. The third kappa shape index (κ3) is 6.85. The SMILES string of the molecule is CC(C)CCN(CCC(C)C)Cc1ccc(Br)cc1F. The van der Waals surface area contributed by atoms with Crippen LogP contribution in [0.25, 0.3) is 0 Å². The average Bonchev–Trinajstić information content (AvgIpc) is 2.35. The van der Waals surface area contributed by atoms with Crippen molar-refractivity contribution in [2.75, 3.05) is 13.1 Å². The van der Waals surface area contributed by atoms with E-state index in [2.05, 4.69) is 48.5 Å². The topological polar surface area (TPSA) is 3.24 Å². The van der Waals surface area contributed by atoms with Crippen LogP contribution in [0.3, 0.4) is 0 Å². The number of nitrogens with zero attached hydrogens (tertiary/aromatic N) is 1. The lowest BCUT2D eigenvalue weighted by Gasteiger charge is -2.24. The number of rotatable bonds is 8. The van der Waals surface area contributed by atoms with Crippen molar-refractivity contribution >= 4 is 15.9 Å². The number of halogens is 2. The van der Waals surface area contributed by atoms with Gasteiger partial charge >= 0.3 is 0 Å². The predicted octanol–water partition coefficient (Wildman–Crippen LogP) is 5.48. The van der Waals surface area contributed by atoms with E-state index in [1.165, 1.54) is 0 Å². The summed E-state index contributed by atoms with van der Waals surface area (Å²) in [5.41, 5.74) is 0.792. The monoisotopic (exact) mass is 343 g/mol. The molecule has 0 saturated heterocycles. The number of benzene rings is 1. The standard InChI is InChI=1S/C17H27BrFN/c1-13(2)7-9-20(10-8-14(3)4)12-15-5-6-16(18)11-17(15)19/h5-6,11,13-14H,7-10,12H2,1-4H3. The average molecular weight is 344 g/mol. The Labute approximate surface area is 131 Å². The van der Waals surface area contributed by atoms with Crippen molar-refractivity contribution in [1.82, 2.24) is 4.90 Å². The molecule has 1 aromatic carbocycles. The van der Waals surface area contributed by atoms with E-state index < -0.39 is 0 Å². The van der Waals surface area contributed by atoms with E-state index in [9.17, 15) is 4.39 Å². The van der Waals surface area contributed by atoms with Crippen LogP contribution in [0.1, 0.15) is 46.1 Å². The van der Waals surface area contributed by atoms with Crippen LogP contribution in [-0.4, -0.2) is 18.0 Å². The van der Waals surface area contributed by atoms with Crippen molar-refractivity contribution in [2.24, 2.45) is 11.8 Å². The van der Waals surface area contributed by atoms with E-state index in [1.807, 2.05) is 12.1 Å². The summed E-state index contributed by atoms with van der Waals surface area (Å²) in [6.45, 7) is 11.7. The predicted molar refractivity (Wildman–Crippen MR) is 88.3 cm³/mol. The first-order valence-electron chi connectivity index (χ1n) is 7.54. The molecule has 0 spiro atoms. The molecular weight excluding hydrogens is 317 g/mol. The Hall–Kier alpha value is -0.410. The lowest BCUT2D eigenvalue weighted by Crippen LogP contribution is -2.27. The van der Waals surface area contributed by atoms with Gasteiger partial charge in [0.15, 0.2) is 0 Å². The van der Waals surface area contributed by atoms with Crippen LogP contribution in [0.15, 0.2) is 22.7 Å². The summed E-state index contributed by atoms with van der Waals surface area (Å²) in [4.78, 5) is 2.38. The van der Waals surface area contributed by atoms with Crippen LogP contribution in [0.4, 0.5) is 4.39 Å². The van der Waals surface area contributed by atoms with Gasteiger partial charge in [0.25, 0.3) is 0 Å². The Kier molecular flexibility index (Phi) is 7.75. The molecule has 0 unspecified atom stereocenters. The minimum atomic E-state index is -0.113. The van der Waals surface area contributed by atoms with E-state index in [0.717, 1.165) is 36.0 Å². The number of hydrogen-bond acceptors (Lipinski definition) is 1. The summed E-state index contributed by atoms with van der Waals surface area (Å²) >= 11 is 3.31. The van der Waals surface area contributed by atoms with Crippen molar-refractivity contribution in [2.45, 2.75) is 47.1 Å². The molecule has 0 amide bonds. The quantitative estimate of drug-likeness (QED) is 0.603. The van der Waals surface area contributed by atoms with Crippen molar-refractivity contribution < 1.29 is 4.39 Å². The van der Waals surface area contributed by atoms with E-state index >= 15 is 0 Å². The summed E-state index contributed by atoms with van der Waals surface area (Å²) in [7, 11) is 0. The third-order valence-electron chi connectivity index (χ3n) is 3.45. The molecule has 0 bridgehead atoms. The molecule has 0 radical (unpaired) electrons. The molecule has 3 heteroatoms. The molecule has 0 aliphatic carbocycles. The smallest absolute Gasteiger partial charge is 0.128 e. The third-order valence-corrected chi connectivity index (χ3v) is 3.95. The first kappa shape index (κ1) is 17.6. The highest BCUT2D eigenvalue weighted by molar-refractivity contribution is 9.10. The Balaban J connectivity index is 2.66. The second kappa shape index (κ2) is 8.78. The largest absolute Gasteiger partial charge is 0.299 e. The van der Waals surface area contributed by atoms with Gasteiger partial charge in [0, 0.05) is 16.6 Å². The molecule has 20 heavy (non-hydrogen) atoms. The molecular formula is C17H27BrFN. The van der Waals surface area contributed by atoms with Gasteiger partial charge in [0.2, 0.25) is 0 Å². The molecule has 0 heterocycles. The Morgan fingerprint density at radius 2 is 1.60 bits per heavy atom. The van der Waals surface area contributed by atoms with Gasteiger partial charge in [0.1, 0.15) is 5.82 Å². The van der Waals surface area contributed by atoms with Crippen LogP contribution < -0.4 is 0 Å². The summed E-state index contributed by atoms with van der Waals surface area (Å²) < 4.78 is 14.8. The fourth-order valence-electron chi connectivity index (χ4n) is 2.04. The van der Waals surface area contributed by atoms with Crippen molar-refractivity contribution in [1.29, 1.82) is 0 Å². The zero-order valence-electron chi connectivity index (χ0n) is 13.1. The molecule has 0 atom stereocenters. The second-order valence-electron chi connectivity index (χ2n) is 6.38. The normalized spacial score (nSPS) is 11.8. The lowest BCUT2D eigenvalue weighted by atomic mass is 10.1. The van der Waals surface area contributed by atoms with Gasteiger partial charge in [-0.3, -0.25) is 4.90 Å². The molecule has 1 aromatic rings. The molecule has 0 aliphatic heterocycles. The molecule has 0 saturated carbocycles. The van der Waals surface area contributed by atoms with Gasteiger partial charge in [-0.2, -0.15) is 0 Å². The second-order valence-corrected chi connectivity index (χ2v) is 7.29. The van der Waals surface area contributed by atoms with Gasteiger partial charge < -0.3 is 0 Å². The molecule has 114 valence electrons. The van der Waals surface area contributed by atoms with E-state index in [0.29, 0.717) is 18.4 Å². The van der Waals surface area contributed by atoms with Gasteiger partial charge in [-0.15, -0.1) is 0 Å². The molecule has 1 rings (SSSR count). The zero-order chi connectivity index (χ0) is 15.1. The molecule has 0 aliphatic rings. The van der Waals surface area contributed by atoms with Crippen LogP contribution in [0, 0.1) is 17.7 Å². The highest BCUT2D eigenvalue weighted by Crippen LogP contribution is 2.18. The van der Waals surface area contributed by atoms with Crippen molar-refractivity contribution in [3.8, 4) is 0 Å². The molecule has 1 nitrogen and oxygen atoms in total. The van der Waals surface area contributed by atoms with E-state index in [4.69, 9.17) is 0 Å². The van der Waals surface area contributed by atoms with Crippen LogP contribution in [0.5, 0.6) is 0 Å². The van der Waals surface area contributed by atoms with E-state index in [1.54, 1.807) is 6.07 Å². The maximum atomic E-state index is 14.0. The fourth-order valence-corrected chi connectivity index (χ4v) is 2.38. The molecule has 0 N–H and O–H groups in total. The maximum Gasteiger partial charge on any atom is 0.128 e. The minimum absolute atomic E-state index is 0.113. The minimum Gasteiger partial charge on any atom is -0.299 e. The van der Waals surface area contributed by atoms with Crippen molar-refractivity contribution in [3.05, 3.63) is 34.1 Å². The van der Waals surface area contributed by atoms with E-state index in [-0.39, 0.29) is 5.82 Å². The first-order chi connectivity index (χ1) is 9.38. The van der Waals surface area contributed by atoms with Crippen LogP contribution in [0.2, 0.25) is 0 Å². The van der Waals surface area contributed by atoms with Gasteiger partial charge in [-0.1, -0.05) is 49.7 Å². The summed E-state index contributed by atoms with van der Waals surface area (Å²) in [6, 6.07) is 5.36.